The molecule has 0 amide bonds. The Hall–Kier alpha value is -4.55. The molecule has 5 aromatic rings. The molecule has 1 fully saturated rings. The Kier molecular flexibility index (Phi) is 6.32. The highest BCUT2D eigenvalue weighted by molar-refractivity contribution is 5.95. The zero-order chi connectivity index (χ0) is 26.1. The number of morpholine rings is 1. The Bertz CT molecular complexity index is 1610. The van der Waals surface area contributed by atoms with Crippen LogP contribution in [0.15, 0.2) is 59.3 Å². The third-order valence-electron chi connectivity index (χ3n) is 7.02. The number of nitriles is 1. The number of anilines is 1. The van der Waals surface area contributed by atoms with Crippen LogP contribution in [0.1, 0.15) is 35.2 Å². The maximum absolute atomic E-state index is 9.11. The number of hydrogen-bond donors (Lipinski definition) is 1. The van der Waals surface area contributed by atoms with Crippen molar-refractivity contribution in [1.82, 2.24) is 25.3 Å². The predicted molar refractivity (Wildman–Crippen MR) is 143 cm³/mol. The standard InChI is InChI=1S/C29H27N7O2/c1-18-27(19(2)38-35-18)21-10-11-24-22(15-21)29(33-28(32-24)23-16-31-34-25(23)9-6-12-30)36-13-14-37-17-26(36)20-7-4-3-5-8-20/h3-5,7-8,10-11,15-16,26H,6,9,13-14,17H2,1-2H3,(H,31,34)/t26-/m1/s1. The number of aromatic amines is 1. The Morgan fingerprint density at radius 2 is 2.00 bits per heavy atom. The van der Waals surface area contributed by atoms with E-state index >= 15 is 0 Å². The van der Waals surface area contributed by atoms with Gasteiger partial charge in [0.15, 0.2) is 5.82 Å². The van der Waals surface area contributed by atoms with Gasteiger partial charge in [-0.25, -0.2) is 9.97 Å². The summed E-state index contributed by atoms with van der Waals surface area (Å²) in [5.74, 6) is 2.19. The SMILES string of the molecule is Cc1noc(C)c1-c1ccc2nc(-c3c[nH]nc3CCC#N)nc(N3CCOC[C@@H]3c3ccccc3)c2c1. The van der Waals surface area contributed by atoms with Gasteiger partial charge in [0.25, 0.3) is 0 Å². The van der Waals surface area contributed by atoms with E-state index in [0.717, 1.165) is 50.6 Å². The molecule has 0 saturated carbocycles. The monoisotopic (exact) mass is 505 g/mol. The van der Waals surface area contributed by atoms with Crippen molar-refractivity contribution in [1.29, 1.82) is 5.26 Å². The van der Waals surface area contributed by atoms with Crippen LogP contribution in [-0.4, -0.2) is 45.1 Å². The Morgan fingerprint density at radius 1 is 1.13 bits per heavy atom. The second-order valence-electron chi connectivity index (χ2n) is 9.40. The fraction of sp³-hybridized carbons (Fsp3) is 0.276. The van der Waals surface area contributed by atoms with Crippen LogP contribution >= 0.6 is 0 Å². The summed E-state index contributed by atoms with van der Waals surface area (Å²) >= 11 is 0. The van der Waals surface area contributed by atoms with Crippen LogP contribution in [0.3, 0.4) is 0 Å². The van der Waals surface area contributed by atoms with E-state index in [1.165, 1.54) is 5.56 Å². The van der Waals surface area contributed by atoms with Gasteiger partial charge in [-0.3, -0.25) is 5.10 Å². The topological polar surface area (TPSA) is 117 Å². The van der Waals surface area contributed by atoms with E-state index in [2.05, 4.69) is 50.6 Å². The zero-order valence-electron chi connectivity index (χ0n) is 21.3. The molecule has 1 aliphatic heterocycles. The van der Waals surface area contributed by atoms with Gasteiger partial charge in [0.1, 0.15) is 11.6 Å². The summed E-state index contributed by atoms with van der Waals surface area (Å²) in [4.78, 5) is 12.4. The van der Waals surface area contributed by atoms with Crippen molar-refractivity contribution in [3.63, 3.8) is 0 Å². The van der Waals surface area contributed by atoms with Crippen molar-refractivity contribution in [2.45, 2.75) is 32.7 Å². The van der Waals surface area contributed by atoms with Crippen molar-refractivity contribution in [3.05, 3.63) is 77.4 Å². The molecule has 2 aromatic carbocycles. The number of H-pyrrole nitrogens is 1. The van der Waals surface area contributed by atoms with E-state index in [-0.39, 0.29) is 6.04 Å². The average Bonchev–Trinajstić information content (AvgIpc) is 3.57. The van der Waals surface area contributed by atoms with Crippen molar-refractivity contribution < 1.29 is 9.26 Å². The van der Waals surface area contributed by atoms with Crippen LogP contribution in [0, 0.1) is 25.2 Å². The number of rotatable bonds is 6. The second kappa shape index (κ2) is 10.1. The van der Waals surface area contributed by atoms with Crippen molar-refractivity contribution in [2.75, 3.05) is 24.7 Å². The third kappa shape index (κ3) is 4.29. The molecule has 190 valence electrons. The smallest absolute Gasteiger partial charge is 0.165 e. The molecule has 0 unspecified atom stereocenters. The fourth-order valence-electron chi connectivity index (χ4n) is 5.19. The van der Waals surface area contributed by atoms with Gasteiger partial charge >= 0.3 is 0 Å². The number of hydrogen-bond acceptors (Lipinski definition) is 8. The number of nitrogens with one attached hydrogen (secondary N) is 1. The van der Waals surface area contributed by atoms with E-state index in [4.69, 9.17) is 24.5 Å². The minimum Gasteiger partial charge on any atom is -0.377 e. The molecule has 1 N–H and O–H groups in total. The van der Waals surface area contributed by atoms with Crippen molar-refractivity contribution >= 4 is 16.7 Å². The molecular formula is C29H27N7O2. The summed E-state index contributed by atoms with van der Waals surface area (Å²) in [6.45, 7) is 5.73. The number of fused-ring (bicyclic) bond motifs is 1. The van der Waals surface area contributed by atoms with E-state index in [0.29, 0.717) is 38.4 Å². The number of benzene rings is 2. The van der Waals surface area contributed by atoms with E-state index in [9.17, 15) is 0 Å². The molecule has 6 rings (SSSR count). The number of nitrogens with zero attached hydrogens (tertiary/aromatic N) is 6. The second-order valence-corrected chi connectivity index (χ2v) is 9.40. The van der Waals surface area contributed by atoms with Gasteiger partial charge in [0.2, 0.25) is 0 Å². The van der Waals surface area contributed by atoms with Crippen LogP contribution in [0.25, 0.3) is 33.4 Å². The number of aromatic nitrogens is 5. The molecule has 0 spiro atoms. The van der Waals surface area contributed by atoms with Gasteiger partial charge in [-0.1, -0.05) is 41.6 Å². The van der Waals surface area contributed by atoms with Crippen molar-refractivity contribution in [2.24, 2.45) is 0 Å². The average molecular weight is 506 g/mol. The summed E-state index contributed by atoms with van der Waals surface area (Å²) in [6.07, 6.45) is 2.71. The normalized spacial score (nSPS) is 15.6. The van der Waals surface area contributed by atoms with Crippen LogP contribution in [-0.2, 0) is 11.2 Å². The highest BCUT2D eigenvalue weighted by Gasteiger charge is 2.29. The summed E-state index contributed by atoms with van der Waals surface area (Å²) in [5.41, 5.74) is 6.42. The zero-order valence-corrected chi connectivity index (χ0v) is 21.3. The van der Waals surface area contributed by atoms with Gasteiger partial charge in [-0.05, 0) is 37.1 Å². The highest BCUT2D eigenvalue weighted by Crippen LogP contribution is 2.38. The summed E-state index contributed by atoms with van der Waals surface area (Å²) in [5, 5.41) is 21.5. The summed E-state index contributed by atoms with van der Waals surface area (Å²) < 4.78 is 11.4. The molecule has 3 aromatic heterocycles. The van der Waals surface area contributed by atoms with Crippen molar-refractivity contribution in [3.8, 4) is 28.6 Å². The molecule has 0 radical (unpaired) electrons. The van der Waals surface area contributed by atoms with Gasteiger partial charge in [-0.15, -0.1) is 0 Å². The lowest BCUT2D eigenvalue weighted by Gasteiger charge is -2.37. The molecule has 4 heterocycles. The quantitative estimate of drug-likeness (QED) is 0.329. The van der Waals surface area contributed by atoms with Gasteiger partial charge < -0.3 is 14.2 Å². The van der Waals surface area contributed by atoms with E-state index in [1.54, 1.807) is 0 Å². The maximum atomic E-state index is 9.11. The first-order valence-corrected chi connectivity index (χ1v) is 12.7. The predicted octanol–water partition coefficient (Wildman–Crippen LogP) is 5.33. The Morgan fingerprint density at radius 3 is 2.79 bits per heavy atom. The molecule has 1 atom stereocenters. The Labute approximate surface area is 220 Å². The lowest BCUT2D eigenvalue weighted by atomic mass is 10.0. The minimum atomic E-state index is 0.000953. The lowest BCUT2D eigenvalue weighted by Crippen LogP contribution is -2.40. The number of ether oxygens (including phenoxy) is 1. The van der Waals surface area contributed by atoms with Crippen LogP contribution in [0.5, 0.6) is 0 Å². The first-order valence-electron chi connectivity index (χ1n) is 12.7. The Balaban J connectivity index is 1.56. The van der Waals surface area contributed by atoms with E-state index in [1.807, 2.05) is 44.3 Å². The molecule has 0 aliphatic carbocycles. The highest BCUT2D eigenvalue weighted by atomic mass is 16.5. The molecule has 1 aliphatic rings. The first-order chi connectivity index (χ1) is 18.6. The largest absolute Gasteiger partial charge is 0.377 e. The van der Waals surface area contributed by atoms with Gasteiger partial charge in [-0.2, -0.15) is 10.4 Å². The molecule has 38 heavy (non-hydrogen) atoms. The molecular weight excluding hydrogens is 478 g/mol. The maximum Gasteiger partial charge on any atom is 0.165 e. The summed E-state index contributed by atoms with van der Waals surface area (Å²) in [6, 6.07) is 18.8. The number of aryl methyl sites for hydroxylation is 3. The fourth-order valence-corrected chi connectivity index (χ4v) is 5.19. The minimum absolute atomic E-state index is 0.000953. The lowest BCUT2D eigenvalue weighted by molar-refractivity contribution is 0.0939. The van der Waals surface area contributed by atoms with Gasteiger partial charge in [0.05, 0.1) is 47.8 Å². The third-order valence-corrected chi connectivity index (χ3v) is 7.02. The first kappa shape index (κ1) is 23.8. The van der Waals surface area contributed by atoms with E-state index < -0.39 is 0 Å². The summed E-state index contributed by atoms with van der Waals surface area (Å²) in [7, 11) is 0. The molecule has 9 nitrogen and oxygen atoms in total. The van der Waals surface area contributed by atoms with Crippen LogP contribution < -0.4 is 4.90 Å². The molecule has 0 bridgehead atoms. The molecule has 9 heteroatoms. The molecule has 1 saturated heterocycles. The van der Waals surface area contributed by atoms with Gasteiger partial charge in [0, 0.05) is 36.5 Å². The van der Waals surface area contributed by atoms with Crippen LogP contribution in [0.2, 0.25) is 0 Å². The van der Waals surface area contributed by atoms with Crippen LogP contribution in [0.4, 0.5) is 5.82 Å².